The predicted molar refractivity (Wildman–Crippen MR) is 90.7 cm³/mol. The normalized spacial score (nSPS) is 10.6. The lowest BCUT2D eigenvalue weighted by Gasteiger charge is -2.06. The van der Waals surface area contributed by atoms with Crippen molar-refractivity contribution in [3.63, 3.8) is 0 Å². The molecule has 0 aliphatic rings. The van der Waals surface area contributed by atoms with Gasteiger partial charge >= 0.3 is 0 Å². The minimum absolute atomic E-state index is 0.0264. The number of carbonyl (C=O) groups is 1. The van der Waals surface area contributed by atoms with Crippen LogP contribution in [0.15, 0.2) is 48.5 Å². The number of amides is 1. The molecule has 3 aromatic rings. The minimum atomic E-state index is -0.0264. The Labute approximate surface area is 133 Å². The number of carbonyl (C=O) groups excluding carboxylic acids is 1. The molecule has 0 bridgehead atoms. The summed E-state index contributed by atoms with van der Waals surface area (Å²) in [4.78, 5) is 13.2. The van der Waals surface area contributed by atoms with Crippen LogP contribution < -0.4 is 10.1 Å². The first-order valence-electron chi connectivity index (χ1n) is 7.08. The maximum Gasteiger partial charge on any atom is 0.261 e. The van der Waals surface area contributed by atoms with Crippen molar-refractivity contribution in [2.24, 2.45) is 0 Å². The van der Waals surface area contributed by atoms with Gasteiger partial charge in [-0.25, -0.2) is 0 Å². The lowest BCUT2D eigenvalue weighted by atomic mass is 10.1. The third-order valence-corrected chi connectivity index (χ3v) is 4.91. The number of ether oxygens (including phenoxy) is 1. The van der Waals surface area contributed by atoms with Crippen LogP contribution in [-0.2, 0) is 6.54 Å². The molecule has 4 heteroatoms. The van der Waals surface area contributed by atoms with Crippen molar-refractivity contribution in [2.45, 2.75) is 13.5 Å². The molecule has 3 nitrogen and oxygen atoms in total. The minimum Gasteiger partial charge on any atom is -0.497 e. The van der Waals surface area contributed by atoms with Crippen LogP contribution in [0, 0.1) is 6.92 Å². The zero-order valence-electron chi connectivity index (χ0n) is 12.6. The summed E-state index contributed by atoms with van der Waals surface area (Å²) < 4.78 is 6.34. The summed E-state index contributed by atoms with van der Waals surface area (Å²) in [6, 6.07) is 15.8. The van der Waals surface area contributed by atoms with E-state index in [1.54, 1.807) is 7.11 Å². The van der Waals surface area contributed by atoms with Crippen LogP contribution >= 0.6 is 11.3 Å². The van der Waals surface area contributed by atoms with Crippen LogP contribution in [0.2, 0.25) is 0 Å². The molecular formula is C18H17NO2S. The summed E-state index contributed by atoms with van der Waals surface area (Å²) in [5, 5.41) is 4.14. The number of benzene rings is 2. The average Bonchev–Trinajstić information content (AvgIpc) is 2.90. The molecule has 2 aromatic carbocycles. The Hall–Kier alpha value is -2.33. The van der Waals surface area contributed by atoms with Gasteiger partial charge in [-0.2, -0.15) is 0 Å². The number of nitrogens with one attached hydrogen (secondary N) is 1. The Morgan fingerprint density at radius 2 is 2.00 bits per heavy atom. The summed E-state index contributed by atoms with van der Waals surface area (Å²) in [5.41, 5.74) is 2.07. The Morgan fingerprint density at radius 3 is 2.77 bits per heavy atom. The van der Waals surface area contributed by atoms with E-state index in [-0.39, 0.29) is 5.91 Å². The van der Waals surface area contributed by atoms with Gasteiger partial charge in [-0.1, -0.05) is 30.3 Å². The molecule has 0 saturated carbocycles. The molecule has 0 aliphatic carbocycles. The molecule has 0 fully saturated rings. The molecule has 0 spiro atoms. The number of thiophene rings is 1. The van der Waals surface area contributed by atoms with Gasteiger partial charge in [0.2, 0.25) is 0 Å². The number of hydrogen-bond donors (Lipinski definition) is 1. The number of rotatable bonds is 4. The summed E-state index contributed by atoms with van der Waals surface area (Å²) in [7, 11) is 1.64. The fourth-order valence-corrected chi connectivity index (χ4v) is 3.56. The van der Waals surface area contributed by atoms with Crippen molar-refractivity contribution in [3.8, 4) is 5.75 Å². The fraction of sp³-hybridized carbons (Fsp3) is 0.167. The van der Waals surface area contributed by atoms with E-state index in [9.17, 15) is 4.79 Å². The highest BCUT2D eigenvalue weighted by Gasteiger charge is 2.14. The van der Waals surface area contributed by atoms with Crippen LogP contribution in [0.5, 0.6) is 5.75 Å². The van der Waals surface area contributed by atoms with Crippen molar-refractivity contribution in [3.05, 3.63) is 64.5 Å². The molecule has 0 atom stereocenters. The lowest BCUT2D eigenvalue weighted by molar-refractivity contribution is 0.0954. The second-order valence-electron chi connectivity index (χ2n) is 5.09. The fourth-order valence-electron chi connectivity index (χ4n) is 2.44. The van der Waals surface area contributed by atoms with E-state index < -0.39 is 0 Å². The van der Waals surface area contributed by atoms with E-state index in [1.807, 2.05) is 49.4 Å². The standard InChI is InChI=1S/C18H17NO2S/c1-12-15-8-3-4-9-16(15)22-17(12)18(20)19-11-13-6-5-7-14(10-13)21-2/h3-10H,11H2,1-2H3,(H,19,20). The predicted octanol–water partition coefficient (Wildman–Crippen LogP) is 4.15. The molecule has 1 aromatic heterocycles. The molecule has 0 saturated heterocycles. The van der Waals surface area contributed by atoms with Crippen molar-refractivity contribution in [2.75, 3.05) is 7.11 Å². The molecule has 3 rings (SSSR count). The third kappa shape index (κ3) is 2.83. The van der Waals surface area contributed by atoms with E-state index in [0.717, 1.165) is 31.8 Å². The second-order valence-corrected chi connectivity index (χ2v) is 6.14. The van der Waals surface area contributed by atoms with Crippen molar-refractivity contribution in [1.29, 1.82) is 0 Å². The van der Waals surface area contributed by atoms with Gasteiger partial charge in [-0.3, -0.25) is 4.79 Å². The number of methoxy groups -OCH3 is 1. The summed E-state index contributed by atoms with van der Waals surface area (Å²) in [6.07, 6.45) is 0. The number of aryl methyl sites for hydroxylation is 1. The molecule has 0 unspecified atom stereocenters. The highest BCUT2D eigenvalue weighted by atomic mass is 32.1. The average molecular weight is 311 g/mol. The van der Waals surface area contributed by atoms with Crippen molar-refractivity contribution < 1.29 is 9.53 Å². The molecule has 1 N–H and O–H groups in total. The molecule has 1 heterocycles. The van der Waals surface area contributed by atoms with Gasteiger partial charge in [0.15, 0.2) is 0 Å². The van der Waals surface area contributed by atoms with Crippen LogP contribution in [0.1, 0.15) is 20.8 Å². The van der Waals surface area contributed by atoms with Crippen LogP contribution in [-0.4, -0.2) is 13.0 Å². The lowest BCUT2D eigenvalue weighted by Crippen LogP contribution is -2.22. The highest BCUT2D eigenvalue weighted by molar-refractivity contribution is 7.21. The van der Waals surface area contributed by atoms with Gasteiger partial charge in [-0.05, 0) is 41.6 Å². The Balaban J connectivity index is 1.77. The van der Waals surface area contributed by atoms with E-state index in [2.05, 4.69) is 11.4 Å². The maximum atomic E-state index is 12.4. The maximum absolute atomic E-state index is 12.4. The van der Waals surface area contributed by atoms with Gasteiger partial charge in [0.25, 0.3) is 5.91 Å². The van der Waals surface area contributed by atoms with Gasteiger partial charge in [0.05, 0.1) is 12.0 Å². The summed E-state index contributed by atoms with van der Waals surface area (Å²) in [6.45, 7) is 2.49. The van der Waals surface area contributed by atoms with Gasteiger partial charge in [-0.15, -0.1) is 11.3 Å². The van der Waals surface area contributed by atoms with Crippen LogP contribution in [0.25, 0.3) is 10.1 Å². The first-order chi connectivity index (χ1) is 10.7. The molecule has 112 valence electrons. The van der Waals surface area contributed by atoms with E-state index in [0.29, 0.717) is 6.54 Å². The van der Waals surface area contributed by atoms with E-state index >= 15 is 0 Å². The first-order valence-corrected chi connectivity index (χ1v) is 7.90. The zero-order valence-corrected chi connectivity index (χ0v) is 13.4. The second kappa shape index (κ2) is 6.20. The number of fused-ring (bicyclic) bond motifs is 1. The summed E-state index contributed by atoms with van der Waals surface area (Å²) in [5.74, 6) is 0.770. The van der Waals surface area contributed by atoms with Gasteiger partial charge in [0, 0.05) is 11.2 Å². The van der Waals surface area contributed by atoms with E-state index in [1.165, 1.54) is 11.3 Å². The van der Waals surface area contributed by atoms with Crippen molar-refractivity contribution in [1.82, 2.24) is 5.32 Å². The van der Waals surface area contributed by atoms with Crippen LogP contribution in [0.4, 0.5) is 0 Å². The topological polar surface area (TPSA) is 38.3 Å². The number of hydrogen-bond acceptors (Lipinski definition) is 3. The Morgan fingerprint density at radius 1 is 1.18 bits per heavy atom. The highest BCUT2D eigenvalue weighted by Crippen LogP contribution is 2.30. The molecule has 0 radical (unpaired) electrons. The zero-order chi connectivity index (χ0) is 15.5. The Bertz CT molecular complexity index is 823. The van der Waals surface area contributed by atoms with Crippen LogP contribution in [0.3, 0.4) is 0 Å². The SMILES string of the molecule is COc1cccc(CNC(=O)c2sc3ccccc3c2C)c1. The van der Waals surface area contributed by atoms with Gasteiger partial charge < -0.3 is 10.1 Å². The van der Waals surface area contributed by atoms with E-state index in [4.69, 9.17) is 4.74 Å². The molecule has 1 amide bonds. The smallest absolute Gasteiger partial charge is 0.261 e. The molecular weight excluding hydrogens is 294 g/mol. The molecule has 22 heavy (non-hydrogen) atoms. The largest absolute Gasteiger partial charge is 0.497 e. The van der Waals surface area contributed by atoms with Gasteiger partial charge in [0.1, 0.15) is 5.75 Å². The molecule has 0 aliphatic heterocycles. The third-order valence-electron chi connectivity index (χ3n) is 3.64. The summed E-state index contributed by atoms with van der Waals surface area (Å²) >= 11 is 1.54. The van der Waals surface area contributed by atoms with Crippen molar-refractivity contribution >= 4 is 27.3 Å². The first kappa shape index (κ1) is 14.6. The quantitative estimate of drug-likeness (QED) is 0.786. The Kier molecular flexibility index (Phi) is 4.11. The monoisotopic (exact) mass is 311 g/mol.